The van der Waals surface area contributed by atoms with Gasteiger partial charge in [0.15, 0.2) is 0 Å². The van der Waals surface area contributed by atoms with Crippen LogP contribution in [0.25, 0.3) is 0 Å². The lowest BCUT2D eigenvalue weighted by atomic mass is 9.95. The number of halogens is 1. The van der Waals surface area contributed by atoms with Gasteiger partial charge in [-0.3, -0.25) is 13.9 Å². The van der Waals surface area contributed by atoms with Gasteiger partial charge in [-0.15, -0.1) is 0 Å². The van der Waals surface area contributed by atoms with Crippen LogP contribution in [0.15, 0.2) is 83.8 Å². The Morgan fingerprint density at radius 1 is 0.930 bits per heavy atom. The molecule has 0 aromatic heterocycles. The van der Waals surface area contributed by atoms with Crippen molar-refractivity contribution in [3.8, 4) is 5.75 Å². The number of benzene rings is 3. The van der Waals surface area contributed by atoms with Gasteiger partial charge in [0.05, 0.1) is 17.2 Å². The van der Waals surface area contributed by atoms with Gasteiger partial charge in [-0.1, -0.05) is 68.7 Å². The Bertz CT molecular complexity index is 1460. The SMILES string of the molecule is CCOc1ccccc1N(CC(=O)N(Cc1ccc(F)cc1)[C@@H](CC)C(=O)NC1CCCCC1)S(=O)(=O)c1ccccc1. The first-order valence-electron chi connectivity index (χ1n) is 14.9. The van der Waals surface area contributed by atoms with E-state index in [1.165, 1.54) is 29.2 Å². The summed E-state index contributed by atoms with van der Waals surface area (Å²) in [7, 11) is -4.22. The highest BCUT2D eigenvalue weighted by atomic mass is 32.2. The molecule has 0 saturated heterocycles. The predicted octanol–water partition coefficient (Wildman–Crippen LogP) is 5.68. The zero-order chi connectivity index (χ0) is 30.8. The first-order valence-corrected chi connectivity index (χ1v) is 16.3. The van der Waals surface area contributed by atoms with E-state index in [0.29, 0.717) is 24.3 Å². The van der Waals surface area contributed by atoms with Crippen molar-refractivity contribution in [1.29, 1.82) is 0 Å². The van der Waals surface area contributed by atoms with Crippen molar-refractivity contribution in [2.24, 2.45) is 0 Å². The molecule has 0 bridgehead atoms. The number of ether oxygens (including phenoxy) is 1. The van der Waals surface area contributed by atoms with E-state index in [0.717, 1.165) is 36.4 Å². The summed E-state index contributed by atoms with van der Waals surface area (Å²) in [6, 6.07) is 19.4. The summed E-state index contributed by atoms with van der Waals surface area (Å²) in [4.78, 5) is 29.3. The second kappa shape index (κ2) is 15.0. The van der Waals surface area contributed by atoms with Gasteiger partial charge in [0.25, 0.3) is 10.0 Å². The molecule has 3 aromatic rings. The first kappa shape index (κ1) is 32.0. The zero-order valence-electron chi connectivity index (χ0n) is 24.7. The number of nitrogens with one attached hydrogen (secondary N) is 1. The van der Waals surface area contributed by atoms with Crippen LogP contribution in [0, 0.1) is 5.82 Å². The summed E-state index contributed by atoms with van der Waals surface area (Å²) >= 11 is 0. The molecule has 8 nitrogen and oxygen atoms in total. The smallest absolute Gasteiger partial charge is 0.264 e. The Morgan fingerprint density at radius 2 is 1.58 bits per heavy atom. The first-order chi connectivity index (χ1) is 20.7. The highest BCUT2D eigenvalue weighted by Gasteiger charge is 2.35. The van der Waals surface area contributed by atoms with E-state index >= 15 is 0 Å². The maximum atomic E-state index is 14.3. The van der Waals surface area contributed by atoms with Crippen LogP contribution in [0.1, 0.15) is 57.9 Å². The van der Waals surface area contributed by atoms with Crippen LogP contribution in [0.4, 0.5) is 10.1 Å². The zero-order valence-corrected chi connectivity index (χ0v) is 25.6. The number of carbonyl (C=O) groups is 2. The molecule has 1 aliphatic carbocycles. The van der Waals surface area contributed by atoms with Crippen molar-refractivity contribution in [3.05, 3.63) is 90.2 Å². The quantitative estimate of drug-likeness (QED) is 0.269. The van der Waals surface area contributed by atoms with Crippen LogP contribution in [0.2, 0.25) is 0 Å². The Hall–Kier alpha value is -3.92. The summed E-state index contributed by atoms with van der Waals surface area (Å²) in [5.41, 5.74) is 0.828. The highest BCUT2D eigenvalue weighted by Crippen LogP contribution is 2.33. The van der Waals surface area contributed by atoms with Crippen LogP contribution >= 0.6 is 0 Å². The molecule has 0 spiro atoms. The molecular weight excluding hydrogens is 569 g/mol. The van der Waals surface area contributed by atoms with Gasteiger partial charge in [-0.05, 0) is 68.1 Å². The van der Waals surface area contributed by atoms with E-state index in [-0.39, 0.29) is 29.1 Å². The number of amides is 2. The third-order valence-electron chi connectivity index (χ3n) is 7.65. The van der Waals surface area contributed by atoms with E-state index in [2.05, 4.69) is 5.32 Å². The molecule has 1 aliphatic rings. The standard InChI is InChI=1S/C33H40FN3O5S/c1-3-29(33(39)35-27-13-7-5-8-14-27)36(23-25-19-21-26(34)22-20-25)32(38)24-37(30-17-11-12-18-31(30)42-4-2)43(40,41)28-15-9-6-10-16-28/h6,9-12,15-22,27,29H,3-5,7-8,13-14,23-24H2,1-2H3,(H,35,39)/t29-/m0/s1. The van der Waals surface area contributed by atoms with Crippen molar-refractivity contribution < 1.29 is 27.1 Å². The summed E-state index contributed by atoms with van der Waals surface area (Å²) < 4.78 is 48.6. The molecule has 0 radical (unpaired) electrons. The fourth-order valence-corrected chi connectivity index (χ4v) is 6.87. The maximum absolute atomic E-state index is 14.3. The van der Waals surface area contributed by atoms with E-state index < -0.39 is 34.3 Å². The van der Waals surface area contributed by atoms with Crippen LogP contribution in [-0.4, -0.2) is 50.4 Å². The third kappa shape index (κ3) is 8.13. The summed E-state index contributed by atoms with van der Waals surface area (Å²) in [5.74, 6) is -0.960. The van der Waals surface area contributed by atoms with Gasteiger partial charge < -0.3 is 15.0 Å². The minimum atomic E-state index is -4.22. The average molecular weight is 610 g/mol. The van der Waals surface area contributed by atoms with E-state index in [1.807, 2.05) is 6.92 Å². The van der Waals surface area contributed by atoms with E-state index in [1.54, 1.807) is 61.5 Å². The number of hydrogen-bond donors (Lipinski definition) is 1. The predicted molar refractivity (Wildman–Crippen MR) is 165 cm³/mol. The molecule has 4 rings (SSSR count). The van der Waals surface area contributed by atoms with E-state index in [9.17, 15) is 22.4 Å². The van der Waals surface area contributed by atoms with Crippen molar-refractivity contribution >= 4 is 27.5 Å². The lowest BCUT2D eigenvalue weighted by molar-refractivity contribution is -0.140. The van der Waals surface area contributed by atoms with Crippen molar-refractivity contribution in [2.45, 2.75) is 75.9 Å². The molecule has 1 saturated carbocycles. The van der Waals surface area contributed by atoms with Gasteiger partial charge in [-0.25, -0.2) is 12.8 Å². The minimum absolute atomic E-state index is 0.00202. The molecular formula is C33H40FN3O5S. The molecule has 2 amide bonds. The number of para-hydroxylation sites is 2. The molecule has 230 valence electrons. The number of nitrogens with zero attached hydrogens (tertiary/aromatic N) is 2. The summed E-state index contributed by atoms with van der Waals surface area (Å²) in [6.07, 6.45) is 5.27. The normalized spacial score (nSPS) is 14.5. The largest absolute Gasteiger partial charge is 0.492 e. The number of sulfonamides is 1. The molecule has 0 heterocycles. The van der Waals surface area contributed by atoms with Crippen molar-refractivity contribution in [2.75, 3.05) is 17.5 Å². The summed E-state index contributed by atoms with van der Waals surface area (Å²) in [6.45, 7) is 3.33. The number of carbonyl (C=O) groups excluding carboxylic acids is 2. The molecule has 10 heteroatoms. The Kier molecular flexibility index (Phi) is 11.2. The number of hydrogen-bond acceptors (Lipinski definition) is 5. The fraction of sp³-hybridized carbons (Fsp3) is 0.394. The average Bonchev–Trinajstić information content (AvgIpc) is 3.02. The minimum Gasteiger partial charge on any atom is -0.492 e. The Labute approximate surface area is 253 Å². The molecule has 43 heavy (non-hydrogen) atoms. The van der Waals surface area contributed by atoms with Gasteiger partial charge >= 0.3 is 0 Å². The second-order valence-electron chi connectivity index (χ2n) is 10.6. The lowest BCUT2D eigenvalue weighted by Crippen LogP contribution is -2.54. The molecule has 0 aliphatic heterocycles. The van der Waals surface area contributed by atoms with Crippen molar-refractivity contribution in [1.82, 2.24) is 10.2 Å². The molecule has 0 unspecified atom stereocenters. The van der Waals surface area contributed by atoms with Crippen LogP contribution in [0.5, 0.6) is 5.75 Å². The Balaban J connectivity index is 1.73. The lowest BCUT2D eigenvalue weighted by Gasteiger charge is -2.34. The monoisotopic (exact) mass is 609 g/mol. The van der Waals surface area contributed by atoms with Crippen LogP contribution < -0.4 is 14.4 Å². The highest BCUT2D eigenvalue weighted by molar-refractivity contribution is 7.92. The molecule has 1 fully saturated rings. The van der Waals surface area contributed by atoms with Crippen molar-refractivity contribution in [3.63, 3.8) is 0 Å². The van der Waals surface area contributed by atoms with Crippen LogP contribution in [-0.2, 0) is 26.2 Å². The fourth-order valence-electron chi connectivity index (χ4n) is 5.42. The van der Waals surface area contributed by atoms with E-state index in [4.69, 9.17) is 4.74 Å². The van der Waals surface area contributed by atoms with Gasteiger partial charge in [0.2, 0.25) is 11.8 Å². The molecule has 3 aromatic carbocycles. The van der Waals surface area contributed by atoms with Gasteiger partial charge in [0, 0.05) is 12.6 Å². The number of rotatable bonds is 13. The number of anilines is 1. The van der Waals surface area contributed by atoms with Crippen LogP contribution in [0.3, 0.4) is 0 Å². The second-order valence-corrected chi connectivity index (χ2v) is 12.5. The van der Waals surface area contributed by atoms with Gasteiger partial charge in [-0.2, -0.15) is 0 Å². The topological polar surface area (TPSA) is 96.0 Å². The van der Waals surface area contributed by atoms with Gasteiger partial charge in [0.1, 0.15) is 24.2 Å². The molecule has 1 atom stereocenters. The summed E-state index contributed by atoms with van der Waals surface area (Å²) in [5, 5.41) is 3.12. The molecule has 1 N–H and O–H groups in total. The Morgan fingerprint density at radius 3 is 2.23 bits per heavy atom. The maximum Gasteiger partial charge on any atom is 0.264 e. The third-order valence-corrected chi connectivity index (χ3v) is 9.42.